The molecule has 1 aromatic carbocycles. The standard InChI is InChI=1S/C14H20N2O/c1-11-5-3-4-6-13(11)9-14(17)16-8-7-15-12(2)10-16/h3-6,12,15H,7-10H2,1-2H3/t12-/m1/s1. The Morgan fingerprint density at radius 3 is 2.94 bits per heavy atom. The molecule has 17 heavy (non-hydrogen) atoms. The number of nitrogens with one attached hydrogen (secondary N) is 1. The molecule has 0 bridgehead atoms. The van der Waals surface area contributed by atoms with Gasteiger partial charge in [0.2, 0.25) is 5.91 Å². The maximum atomic E-state index is 12.2. The van der Waals surface area contributed by atoms with Crippen LogP contribution in [0.1, 0.15) is 18.1 Å². The number of benzene rings is 1. The number of rotatable bonds is 2. The summed E-state index contributed by atoms with van der Waals surface area (Å²) in [6.07, 6.45) is 0.527. The van der Waals surface area contributed by atoms with E-state index in [1.54, 1.807) is 0 Å². The van der Waals surface area contributed by atoms with Gasteiger partial charge in [-0.1, -0.05) is 24.3 Å². The average Bonchev–Trinajstić information content (AvgIpc) is 2.32. The van der Waals surface area contributed by atoms with Gasteiger partial charge in [-0.05, 0) is 25.0 Å². The van der Waals surface area contributed by atoms with Crippen LogP contribution >= 0.6 is 0 Å². The average molecular weight is 232 g/mol. The number of carbonyl (C=O) groups excluding carboxylic acids is 1. The Bertz CT molecular complexity index is 403. The van der Waals surface area contributed by atoms with Gasteiger partial charge < -0.3 is 10.2 Å². The van der Waals surface area contributed by atoms with Crippen LogP contribution in [0.15, 0.2) is 24.3 Å². The van der Waals surface area contributed by atoms with Crippen molar-refractivity contribution in [2.24, 2.45) is 0 Å². The van der Waals surface area contributed by atoms with Crippen LogP contribution in [0.3, 0.4) is 0 Å². The van der Waals surface area contributed by atoms with Crippen LogP contribution in [0.5, 0.6) is 0 Å². The third-order valence-electron chi connectivity index (χ3n) is 3.32. The van der Waals surface area contributed by atoms with E-state index in [-0.39, 0.29) is 5.91 Å². The Labute approximate surface area is 103 Å². The Morgan fingerprint density at radius 2 is 2.24 bits per heavy atom. The molecule has 3 nitrogen and oxygen atoms in total. The van der Waals surface area contributed by atoms with E-state index in [0.29, 0.717) is 12.5 Å². The highest BCUT2D eigenvalue weighted by molar-refractivity contribution is 5.79. The lowest BCUT2D eigenvalue weighted by Gasteiger charge is -2.32. The first-order valence-electron chi connectivity index (χ1n) is 6.22. The second kappa shape index (κ2) is 5.32. The number of carbonyl (C=O) groups is 1. The topological polar surface area (TPSA) is 32.3 Å². The van der Waals surface area contributed by atoms with E-state index in [0.717, 1.165) is 25.2 Å². The zero-order chi connectivity index (χ0) is 12.3. The van der Waals surface area contributed by atoms with E-state index in [9.17, 15) is 4.79 Å². The van der Waals surface area contributed by atoms with E-state index >= 15 is 0 Å². The predicted octanol–water partition coefficient (Wildman–Crippen LogP) is 1.36. The Hall–Kier alpha value is -1.35. The van der Waals surface area contributed by atoms with E-state index in [1.165, 1.54) is 5.56 Å². The molecule has 92 valence electrons. The van der Waals surface area contributed by atoms with Gasteiger partial charge >= 0.3 is 0 Å². The summed E-state index contributed by atoms with van der Waals surface area (Å²) >= 11 is 0. The molecule has 1 saturated heterocycles. The van der Waals surface area contributed by atoms with Gasteiger partial charge in [-0.3, -0.25) is 4.79 Å². The maximum Gasteiger partial charge on any atom is 0.227 e. The number of hydrogen-bond acceptors (Lipinski definition) is 2. The number of nitrogens with zero attached hydrogens (tertiary/aromatic N) is 1. The molecule has 0 aromatic heterocycles. The third kappa shape index (κ3) is 3.07. The number of hydrogen-bond donors (Lipinski definition) is 1. The fourth-order valence-corrected chi connectivity index (χ4v) is 2.24. The summed E-state index contributed by atoms with van der Waals surface area (Å²) in [5.41, 5.74) is 2.34. The highest BCUT2D eigenvalue weighted by Gasteiger charge is 2.20. The summed E-state index contributed by atoms with van der Waals surface area (Å²) in [7, 11) is 0. The third-order valence-corrected chi connectivity index (χ3v) is 3.32. The summed E-state index contributed by atoms with van der Waals surface area (Å²) in [4.78, 5) is 14.1. The van der Waals surface area contributed by atoms with E-state index in [1.807, 2.05) is 23.1 Å². The second-order valence-corrected chi connectivity index (χ2v) is 4.80. The molecule has 0 spiro atoms. The summed E-state index contributed by atoms with van der Waals surface area (Å²) in [6, 6.07) is 8.51. The second-order valence-electron chi connectivity index (χ2n) is 4.80. The normalized spacial score (nSPS) is 20.4. The maximum absolute atomic E-state index is 12.2. The molecule has 0 unspecified atom stereocenters. The SMILES string of the molecule is Cc1ccccc1CC(=O)N1CCN[C@H](C)C1. The predicted molar refractivity (Wildman–Crippen MR) is 68.9 cm³/mol. The molecular formula is C14H20N2O. The van der Waals surface area contributed by atoms with Gasteiger partial charge in [0.25, 0.3) is 0 Å². The van der Waals surface area contributed by atoms with Crippen molar-refractivity contribution in [2.45, 2.75) is 26.3 Å². The molecule has 1 aromatic rings. The molecule has 1 N–H and O–H groups in total. The van der Waals surface area contributed by atoms with Gasteiger partial charge in [-0.15, -0.1) is 0 Å². The molecular weight excluding hydrogens is 212 g/mol. The molecule has 2 rings (SSSR count). The molecule has 1 aliphatic rings. The first kappa shape index (κ1) is 12.1. The molecule has 3 heteroatoms. The van der Waals surface area contributed by atoms with Crippen molar-refractivity contribution in [2.75, 3.05) is 19.6 Å². The van der Waals surface area contributed by atoms with Crippen LogP contribution in [-0.2, 0) is 11.2 Å². The van der Waals surface area contributed by atoms with Crippen molar-refractivity contribution in [3.8, 4) is 0 Å². The highest BCUT2D eigenvalue weighted by atomic mass is 16.2. The van der Waals surface area contributed by atoms with Gasteiger partial charge in [0, 0.05) is 25.7 Å². The van der Waals surface area contributed by atoms with Crippen molar-refractivity contribution >= 4 is 5.91 Å². The van der Waals surface area contributed by atoms with Crippen molar-refractivity contribution in [3.05, 3.63) is 35.4 Å². The first-order valence-corrected chi connectivity index (χ1v) is 6.22. The molecule has 1 heterocycles. The molecule has 1 atom stereocenters. The van der Waals surface area contributed by atoms with Crippen molar-refractivity contribution in [1.82, 2.24) is 10.2 Å². The summed E-state index contributed by atoms with van der Waals surface area (Å²) < 4.78 is 0. The fourth-order valence-electron chi connectivity index (χ4n) is 2.24. The number of aryl methyl sites for hydroxylation is 1. The molecule has 1 aliphatic heterocycles. The van der Waals surface area contributed by atoms with Gasteiger partial charge in [-0.2, -0.15) is 0 Å². The Balaban J connectivity index is 1.99. The Morgan fingerprint density at radius 1 is 1.47 bits per heavy atom. The number of piperazine rings is 1. The minimum absolute atomic E-state index is 0.243. The van der Waals surface area contributed by atoms with Crippen LogP contribution in [0.25, 0.3) is 0 Å². The van der Waals surface area contributed by atoms with Gasteiger partial charge in [0.1, 0.15) is 0 Å². The van der Waals surface area contributed by atoms with Crippen LogP contribution in [0.4, 0.5) is 0 Å². The molecule has 0 aliphatic carbocycles. The van der Waals surface area contributed by atoms with Gasteiger partial charge in [0.15, 0.2) is 0 Å². The van der Waals surface area contributed by atoms with Gasteiger partial charge in [0.05, 0.1) is 6.42 Å². The summed E-state index contributed by atoms with van der Waals surface area (Å²) in [6.45, 7) is 6.73. The molecule has 1 fully saturated rings. The van der Waals surface area contributed by atoms with E-state index in [4.69, 9.17) is 0 Å². The largest absolute Gasteiger partial charge is 0.340 e. The molecule has 0 radical (unpaired) electrons. The minimum atomic E-state index is 0.243. The van der Waals surface area contributed by atoms with Crippen molar-refractivity contribution in [3.63, 3.8) is 0 Å². The minimum Gasteiger partial charge on any atom is -0.340 e. The van der Waals surface area contributed by atoms with E-state index in [2.05, 4.69) is 25.2 Å². The van der Waals surface area contributed by atoms with Crippen LogP contribution in [-0.4, -0.2) is 36.5 Å². The monoisotopic (exact) mass is 232 g/mol. The van der Waals surface area contributed by atoms with Crippen LogP contribution < -0.4 is 5.32 Å². The van der Waals surface area contributed by atoms with Crippen LogP contribution in [0, 0.1) is 6.92 Å². The molecule has 0 saturated carbocycles. The molecule has 1 amide bonds. The number of amides is 1. The lowest BCUT2D eigenvalue weighted by atomic mass is 10.0. The van der Waals surface area contributed by atoms with E-state index < -0.39 is 0 Å². The first-order chi connectivity index (χ1) is 8.16. The van der Waals surface area contributed by atoms with Crippen LogP contribution in [0.2, 0.25) is 0 Å². The lowest BCUT2D eigenvalue weighted by molar-refractivity contribution is -0.131. The highest BCUT2D eigenvalue weighted by Crippen LogP contribution is 2.10. The summed E-state index contributed by atoms with van der Waals surface area (Å²) in [5.74, 6) is 0.243. The van der Waals surface area contributed by atoms with Crippen molar-refractivity contribution in [1.29, 1.82) is 0 Å². The van der Waals surface area contributed by atoms with Crippen molar-refractivity contribution < 1.29 is 4.79 Å². The quantitative estimate of drug-likeness (QED) is 0.835. The fraction of sp³-hybridized carbons (Fsp3) is 0.500. The Kier molecular flexibility index (Phi) is 3.79. The van der Waals surface area contributed by atoms with Gasteiger partial charge in [-0.25, -0.2) is 0 Å². The smallest absolute Gasteiger partial charge is 0.227 e. The zero-order valence-corrected chi connectivity index (χ0v) is 10.6. The zero-order valence-electron chi connectivity index (χ0n) is 10.6. The summed E-state index contributed by atoms with van der Waals surface area (Å²) in [5, 5.41) is 3.35. The lowest BCUT2D eigenvalue weighted by Crippen LogP contribution is -2.51.